The summed E-state index contributed by atoms with van der Waals surface area (Å²) in [6.07, 6.45) is 0. The summed E-state index contributed by atoms with van der Waals surface area (Å²) < 4.78 is 0. The zero-order valence-corrected chi connectivity index (χ0v) is 12.8. The molecule has 0 fully saturated rings. The van der Waals surface area contributed by atoms with Crippen molar-refractivity contribution >= 4 is 0 Å². The molecular weight excluding hydrogens is 266 g/mol. The fourth-order valence-corrected chi connectivity index (χ4v) is 3.53. The van der Waals surface area contributed by atoms with Crippen molar-refractivity contribution in [2.24, 2.45) is 0 Å². The second kappa shape index (κ2) is 5.43. The van der Waals surface area contributed by atoms with Crippen LogP contribution >= 0.6 is 0 Å². The van der Waals surface area contributed by atoms with Crippen LogP contribution in [0.1, 0.15) is 28.3 Å². The third-order valence-electron chi connectivity index (χ3n) is 4.72. The molecule has 1 nitrogen and oxygen atoms in total. The molecule has 0 aromatic heterocycles. The highest BCUT2D eigenvalue weighted by Gasteiger charge is 2.30. The molecule has 1 aliphatic carbocycles. The lowest BCUT2D eigenvalue weighted by Crippen LogP contribution is -2.83. The number of hydrogen-bond acceptors (Lipinski definition) is 0. The highest BCUT2D eigenvalue weighted by atomic mass is 14.9. The summed E-state index contributed by atoms with van der Waals surface area (Å²) in [5.74, 6) is 0. The molecule has 0 bridgehead atoms. The molecule has 0 unspecified atom stereocenters. The predicted octanol–water partition coefficient (Wildman–Crippen LogP) is 3.83. The molecule has 0 amide bonds. The summed E-state index contributed by atoms with van der Waals surface area (Å²) in [6, 6.07) is 26.7. The zero-order valence-electron chi connectivity index (χ0n) is 12.8. The van der Waals surface area contributed by atoms with Crippen LogP contribution in [0.15, 0.2) is 72.8 Å². The Kier molecular flexibility index (Phi) is 3.28. The highest BCUT2D eigenvalue weighted by molar-refractivity contribution is 5.77. The minimum Gasteiger partial charge on any atom is -0.332 e. The van der Waals surface area contributed by atoms with Gasteiger partial charge in [0, 0.05) is 16.7 Å². The maximum absolute atomic E-state index is 2.47. The molecule has 0 atom stereocenters. The Morgan fingerprint density at radius 3 is 1.91 bits per heavy atom. The summed E-state index contributed by atoms with van der Waals surface area (Å²) in [4.78, 5) is 0. The van der Waals surface area contributed by atoms with Crippen molar-refractivity contribution in [1.82, 2.24) is 0 Å². The van der Waals surface area contributed by atoms with Crippen LogP contribution in [0.2, 0.25) is 0 Å². The van der Waals surface area contributed by atoms with Gasteiger partial charge in [0.1, 0.15) is 12.6 Å². The Hall–Kier alpha value is -2.38. The van der Waals surface area contributed by atoms with Crippen molar-refractivity contribution in [2.75, 3.05) is 0 Å². The molecule has 0 heterocycles. The van der Waals surface area contributed by atoms with Crippen LogP contribution in [0.25, 0.3) is 11.1 Å². The maximum atomic E-state index is 2.47. The molecule has 0 aliphatic heterocycles. The molecule has 1 heteroatoms. The molecule has 0 spiro atoms. The molecule has 2 N–H and O–H groups in total. The molecular formula is C21H20N+. The second-order valence-electron chi connectivity index (χ2n) is 6.02. The summed E-state index contributed by atoms with van der Waals surface area (Å²) in [6.45, 7) is 3.21. The van der Waals surface area contributed by atoms with E-state index in [1.165, 1.54) is 33.4 Å². The number of fused-ring (bicyclic) bond motifs is 3. The molecule has 0 saturated carbocycles. The van der Waals surface area contributed by atoms with Gasteiger partial charge in [0.25, 0.3) is 0 Å². The van der Waals surface area contributed by atoms with Crippen molar-refractivity contribution in [2.45, 2.75) is 19.5 Å². The van der Waals surface area contributed by atoms with E-state index in [-0.39, 0.29) is 0 Å². The van der Waals surface area contributed by atoms with Crippen LogP contribution in [-0.4, -0.2) is 0 Å². The Bertz CT molecular complexity index is 774. The summed E-state index contributed by atoms with van der Waals surface area (Å²) >= 11 is 0. The van der Waals surface area contributed by atoms with Gasteiger partial charge in [-0.3, -0.25) is 0 Å². The maximum Gasteiger partial charge on any atom is 0.139 e. The van der Waals surface area contributed by atoms with Crippen molar-refractivity contribution < 1.29 is 5.32 Å². The minimum atomic E-state index is 0.409. The first-order valence-corrected chi connectivity index (χ1v) is 7.90. The van der Waals surface area contributed by atoms with Crippen LogP contribution in [-0.2, 0) is 6.54 Å². The second-order valence-corrected chi connectivity index (χ2v) is 6.02. The number of nitrogens with two attached hydrogens (primary N) is 1. The lowest BCUT2D eigenvalue weighted by Gasteiger charge is -2.13. The first kappa shape index (κ1) is 13.3. The van der Waals surface area contributed by atoms with Crippen molar-refractivity contribution in [3.8, 4) is 11.1 Å². The van der Waals surface area contributed by atoms with E-state index >= 15 is 0 Å². The van der Waals surface area contributed by atoms with Crippen molar-refractivity contribution in [3.63, 3.8) is 0 Å². The van der Waals surface area contributed by atoms with E-state index in [1.807, 2.05) is 0 Å². The van der Waals surface area contributed by atoms with Crippen LogP contribution in [0.4, 0.5) is 0 Å². The molecule has 1 aliphatic rings. The largest absolute Gasteiger partial charge is 0.332 e. The molecule has 3 aromatic carbocycles. The van der Waals surface area contributed by atoms with E-state index in [2.05, 4.69) is 85.0 Å². The van der Waals surface area contributed by atoms with Crippen molar-refractivity contribution in [1.29, 1.82) is 0 Å². The number of benzene rings is 3. The van der Waals surface area contributed by atoms with Crippen LogP contribution in [0.5, 0.6) is 0 Å². The molecule has 0 saturated heterocycles. The third kappa shape index (κ3) is 2.15. The smallest absolute Gasteiger partial charge is 0.139 e. The highest BCUT2D eigenvalue weighted by Crippen LogP contribution is 2.41. The Labute approximate surface area is 131 Å². The van der Waals surface area contributed by atoms with Gasteiger partial charge in [0.2, 0.25) is 0 Å². The Balaban J connectivity index is 1.69. The van der Waals surface area contributed by atoms with Gasteiger partial charge in [0.05, 0.1) is 0 Å². The average Bonchev–Trinajstić information content (AvgIpc) is 2.89. The quantitative estimate of drug-likeness (QED) is 0.753. The Morgan fingerprint density at radius 2 is 1.27 bits per heavy atom. The van der Waals surface area contributed by atoms with E-state index in [9.17, 15) is 0 Å². The van der Waals surface area contributed by atoms with E-state index in [4.69, 9.17) is 0 Å². The van der Waals surface area contributed by atoms with Gasteiger partial charge in [-0.2, -0.15) is 0 Å². The fourth-order valence-electron chi connectivity index (χ4n) is 3.53. The van der Waals surface area contributed by atoms with E-state index in [0.29, 0.717) is 6.04 Å². The number of aryl methyl sites for hydroxylation is 1. The standard InChI is InChI=1S/C21H19N/c1-15-8-2-3-9-16(15)14-22-21-19-12-6-4-10-17(19)18-11-5-7-13-20(18)21/h2-13,21-22H,14H2,1H3/p+1. The molecule has 108 valence electrons. The number of hydrogen-bond donors (Lipinski definition) is 1. The molecule has 0 radical (unpaired) electrons. The van der Waals surface area contributed by atoms with E-state index < -0.39 is 0 Å². The molecule has 4 rings (SSSR count). The van der Waals surface area contributed by atoms with Gasteiger partial charge >= 0.3 is 0 Å². The fraction of sp³-hybridized carbons (Fsp3) is 0.143. The first-order valence-electron chi connectivity index (χ1n) is 7.90. The third-order valence-corrected chi connectivity index (χ3v) is 4.72. The monoisotopic (exact) mass is 286 g/mol. The van der Waals surface area contributed by atoms with Crippen LogP contribution < -0.4 is 5.32 Å². The van der Waals surface area contributed by atoms with Gasteiger partial charge in [-0.05, 0) is 23.6 Å². The topological polar surface area (TPSA) is 16.6 Å². The van der Waals surface area contributed by atoms with Gasteiger partial charge in [-0.15, -0.1) is 0 Å². The van der Waals surface area contributed by atoms with E-state index in [0.717, 1.165) is 6.54 Å². The Morgan fingerprint density at radius 1 is 0.727 bits per heavy atom. The van der Waals surface area contributed by atoms with Gasteiger partial charge < -0.3 is 5.32 Å². The number of rotatable bonds is 3. The lowest BCUT2D eigenvalue weighted by atomic mass is 10.0. The molecule has 22 heavy (non-hydrogen) atoms. The summed E-state index contributed by atoms with van der Waals surface area (Å²) in [5, 5.41) is 2.47. The normalized spacial score (nSPS) is 13.0. The first-order chi connectivity index (χ1) is 10.8. The molecule has 3 aromatic rings. The van der Waals surface area contributed by atoms with Gasteiger partial charge in [0.15, 0.2) is 0 Å². The summed E-state index contributed by atoms with van der Waals surface area (Å²) in [7, 11) is 0. The zero-order chi connectivity index (χ0) is 14.9. The average molecular weight is 286 g/mol. The van der Waals surface area contributed by atoms with Crippen LogP contribution in [0, 0.1) is 6.92 Å². The SMILES string of the molecule is Cc1ccccc1C[NH2+]C1c2ccccc2-c2ccccc21. The van der Waals surface area contributed by atoms with E-state index in [1.54, 1.807) is 0 Å². The summed E-state index contributed by atoms with van der Waals surface area (Å²) in [5.41, 5.74) is 8.46. The lowest BCUT2D eigenvalue weighted by molar-refractivity contribution is -0.701. The number of quaternary nitrogens is 1. The van der Waals surface area contributed by atoms with Gasteiger partial charge in [-0.25, -0.2) is 0 Å². The van der Waals surface area contributed by atoms with Gasteiger partial charge in [-0.1, -0.05) is 72.8 Å². The minimum absolute atomic E-state index is 0.409. The van der Waals surface area contributed by atoms with Crippen LogP contribution in [0.3, 0.4) is 0 Å². The van der Waals surface area contributed by atoms with Crippen molar-refractivity contribution in [3.05, 3.63) is 95.1 Å². The predicted molar refractivity (Wildman–Crippen MR) is 90.5 cm³/mol.